The van der Waals surface area contributed by atoms with Crippen molar-refractivity contribution in [2.24, 2.45) is 0 Å². The third-order valence-corrected chi connectivity index (χ3v) is 5.11. The van der Waals surface area contributed by atoms with Gasteiger partial charge in [0.2, 0.25) is 0 Å². The van der Waals surface area contributed by atoms with E-state index >= 15 is 0 Å². The Kier molecular flexibility index (Phi) is 6.15. The largest absolute Gasteiger partial charge is 0.573 e. The van der Waals surface area contributed by atoms with Crippen LogP contribution >= 0.6 is 0 Å². The number of anilines is 1. The number of benzene rings is 2. The molecule has 27 heavy (non-hydrogen) atoms. The van der Waals surface area contributed by atoms with E-state index in [1.807, 2.05) is 6.92 Å². The fourth-order valence-corrected chi connectivity index (χ4v) is 3.55. The van der Waals surface area contributed by atoms with Gasteiger partial charge in [0, 0.05) is 11.4 Å². The van der Waals surface area contributed by atoms with Crippen LogP contribution in [0.15, 0.2) is 53.4 Å². The maximum absolute atomic E-state index is 12.4. The van der Waals surface area contributed by atoms with Gasteiger partial charge in [0.1, 0.15) is 5.75 Å². The van der Waals surface area contributed by atoms with E-state index in [9.17, 15) is 21.6 Å². The second-order valence-corrected chi connectivity index (χ2v) is 7.81. The highest BCUT2D eigenvalue weighted by atomic mass is 32.2. The SMILES string of the molecule is CC(=N)C[C@H](C)c1ccc(NS(=O)(=O)c2ccc(OC(F)(F)F)cc2)cc1. The lowest BCUT2D eigenvalue weighted by Crippen LogP contribution is -2.17. The normalized spacial score (nSPS) is 13.1. The first-order valence-electron chi connectivity index (χ1n) is 7.99. The van der Waals surface area contributed by atoms with Crippen LogP contribution < -0.4 is 9.46 Å². The molecule has 0 aliphatic heterocycles. The summed E-state index contributed by atoms with van der Waals surface area (Å²) in [5.74, 6) is -0.365. The Bertz CT molecular complexity index is 893. The monoisotopic (exact) mass is 400 g/mol. The second-order valence-electron chi connectivity index (χ2n) is 6.13. The van der Waals surface area contributed by atoms with E-state index in [2.05, 4.69) is 9.46 Å². The van der Waals surface area contributed by atoms with E-state index in [4.69, 9.17) is 5.41 Å². The van der Waals surface area contributed by atoms with Crippen molar-refractivity contribution in [3.05, 3.63) is 54.1 Å². The molecule has 0 aromatic heterocycles. The summed E-state index contributed by atoms with van der Waals surface area (Å²) in [5, 5.41) is 7.53. The third kappa shape index (κ3) is 6.28. The van der Waals surface area contributed by atoms with Crippen LogP contribution in [0.5, 0.6) is 5.75 Å². The molecule has 146 valence electrons. The molecular weight excluding hydrogens is 381 g/mol. The van der Waals surface area contributed by atoms with Crippen molar-refractivity contribution in [1.82, 2.24) is 0 Å². The highest BCUT2D eigenvalue weighted by molar-refractivity contribution is 7.92. The van der Waals surface area contributed by atoms with Crippen LogP contribution in [0.1, 0.15) is 31.7 Å². The molecule has 0 spiro atoms. The van der Waals surface area contributed by atoms with E-state index in [1.54, 1.807) is 31.2 Å². The zero-order chi connectivity index (χ0) is 20.2. The molecular formula is C18H19F3N2O3S. The van der Waals surface area contributed by atoms with Gasteiger partial charge in [-0.05, 0) is 61.2 Å². The summed E-state index contributed by atoms with van der Waals surface area (Å²) in [6.07, 6.45) is -4.23. The van der Waals surface area contributed by atoms with E-state index in [0.717, 1.165) is 29.8 Å². The second kappa shape index (κ2) is 7.99. The van der Waals surface area contributed by atoms with Crippen molar-refractivity contribution >= 4 is 21.4 Å². The molecule has 0 aliphatic carbocycles. The first kappa shape index (κ1) is 20.8. The molecule has 0 aliphatic rings. The molecule has 2 rings (SSSR count). The van der Waals surface area contributed by atoms with E-state index in [1.165, 1.54) is 0 Å². The van der Waals surface area contributed by atoms with Gasteiger partial charge in [-0.2, -0.15) is 0 Å². The number of sulfonamides is 1. The Morgan fingerprint density at radius 1 is 1.11 bits per heavy atom. The van der Waals surface area contributed by atoms with E-state index in [0.29, 0.717) is 17.8 Å². The Labute approximate surface area is 155 Å². The summed E-state index contributed by atoms with van der Waals surface area (Å²) in [6.45, 7) is 3.70. The molecule has 9 heteroatoms. The lowest BCUT2D eigenvalue weighted by Gasteiger charge is -2.13. The highest BCUT2D eigenvalue weighted by Gasteiger charge is 2.31. The number of ether oxygens (including phenoxy) is 1. The predicted octanol–water partition coefficient (Wildman–Crippen LogP) is 4.92. The Morgan fingerprint density at radius 3 is 2.15 bits per heavy atom. The Balaban J connectivity index is 2.10. The van der Waals surface area contributed by atoms with Gasteiger partial charge in [-0.1, -0.05) is 19.1 Å². The molecule has 0 saturated heterocycles. The summed E-state index contributed by atoms with van der Waals surface area (Å²) in [7, 11) is -3.95. The minimum Gasteiger partial charge on any atom is -0.406 e. The number of alkyl halides is 3. The predicted molar refractivity (Wildman–Crippen MR) is 96.8 cm³/mol. The molecule has 0 bridgehead atoms. The smallest absolute Gasteiger partial charge is 0.406 e. The minimum absolute atomic E-state index is 0.134. The van der Waals surface area contributed by atoms with Gasteiger partial charge in [0.25, 0.3) is 10.0 Å². The molecule has 2 N–H and O–H groups in total. The summed E-state index contributed by atoms with van der Waals surface area (Å²) >= 11 is 0. The standard InChI is InChI=1S/C18H19F3N2O3S/c1-12(11-13(2)22)14-3-5-15(6-4-14)23-27(24,25)17-9-7-16(8-10-17)26-18(19,20)21/h3-10,12,22-23H,11H2,1-2H3/t12-/m0/s1. The van der Waals surface area contributed by atoms with Gasteiger partial charge >= 0.3 is 6.36 Å². The first-order valence-corrected chi connectivity index (χ1v) is 9.47. The summed E-state index contributed by atoms with van der Waals surface area (Å²) in [4.78, 5) is -0.186. The van der Waals surface area contributed by atoms with Crippen molar-refractivity contribution < 1.29 is 26.3 Å². The molecule has 0 unspecified atom stereocenters. The number of rotatable bonds is 7. The van der Waals surface area contributed by atoms with Gasteiger partial charge in [-0.25, -0.2) is 8.42 Å². The van der Waals surface area contributed by atoms with Crippen LogP contribution in [0.2, 0.25) is 0 Å². The third-order valence-electron chi connectivity index (χ3n) is 3.71. The van der Waals surface area contributed by atoms with Crippen molar-refractivity contribution in [2.75, 3.05) is 4.72 Å². The van der Waals surface area contributed by atoms with E-state index in [-0.39, 0.29) is 10.8 Å². The molecule has 0 radical (unpaired) electrons. The average Bonchev–Trinajstić information content (AvgIpc) is 2.53. The first-order chi connectivity index (χ1) is 12.5. The van der Waals surface area contributed by atoms with Gasteiger partial charge in [0.05, 0.1) is 4.90 Å². The van der Waals surface area contributed by atoms with Gasteiger partial charge in [0.15, 0.2) is 0 Å². The number of hydrogen-bond donors (Lipinski definition) is 2. The number of nitrogens with one attached hydrogen (secondary N) is 2. The van der Waals surface area contributed by atoms with Crippen LogP contribution in [0.3, 0.4) is 0 Å². The van der Waals surface area contributed by atoms with Crippen LogP contribution in [0.25, 0.3) is 0 Å². The molecule has 1 atom stereocenters. The highest BCUT2D eigenvalue weighted by Crippen LogP contribution is 2.26. The van der Waals surface area contributed by atoms with Gasteiger partial charge in [-0.15, -0.1) is 13.2 Å². The summed E-state index contributed by atoms with van der Waals surface area (Å²) < 4.78 is 67.3. The Hall–Kier alpha value is -2.55. The van der Waals surface area contributed by atoms with Crippen molar-refractivity contribution in [1.29, 1.82) is 5.41 Å². The fourth-order valence-electron chi connectivity index (χ4n) is 2.49. The lowest BCUT2D eigenvalue weighted by atomic mass is 9.96. The number of hydrogen-bond acceptors (Lipinski definition) is 4. The maximum atomic E-state index is 12.4. The van der Waals surface area contributed by atoms with Crippen LogP contribution in [0.4, 0.5) is 18.9 Å². The number of halogens is 3. The quantitative estimate of drug-likeness (QED) is 0.648. The summed E-state index contributed by atoms with van der Waals surface area (Å²) in [5.41, 5.74) is 1.86. The van der Waals surface area contributed by atoms with Crippen molar-refractivity contribution in [2.45, 2.75) is 37.4 Å². The Morgan fingerprint density at radius 2 is 1.67 bits per heavy atom. The van der Waals surface area contributed by atoms with Crippen LogP contribution in [-0.4, -0.2) is 20.5 Å². The lowest BCUT2D eigenvalue weighted by molar-refractivity contribution is -0.274. The zero-order valence-electron chi connectivity index (χ0n) is 14.7. The van der Waals surface area contributed by atoms with E-state index < -0.39 is 22.1 Å². The molecule has 0 fully saturated rings. The molecule has 0 heterocycles. The molecule has 0 amide bonds. The van der Waals surface area contributed by atoms with Crippen LogP contribution in [0, 0.1) is 5.41 Å². The van der Waals surface area contributed by atoms with Crippen molar-refractivity contribution in [3.8, 4) is 5.75 Å². The zero-order valence-corrected chi connectivity index (χ0v) is 15.5. The topological polar surface area (TPSA) is 79.3 Å². The average molecular weight is 400 g/mol. The minimum atomic E-state index is -4.84. The molecule has 2 aromatic rings. The maximum Gasteiger partial charge on any atom is 0.573 e. The van der Waals surface area contributed by atoms with Gasteiger partial charge < -0.3 is 10.1 Å². The molecule has 5 nitrogen and oxygen atoms in total. The van der Waals surface area contributed by atoms with Crippen molar-refractivity contribution in [3.63, 3.8) is 0 Å². The van der Waals surface area contributed by atoms with Gasteiger partial charge in [-0.3, -0.25) is 4.72 Å². The van der Waals surface area contributed by atoms with Crippen LogP contribution in [-0.2, 0) is 10.0 Å². The molecule has 2 aromatic carbocycles. The fraction of sp³-hybridized carbons (Fsp3) is 0.278. The summed E-state index contributed by atoms with van der Waals surface area (Å²) in [6, 6.07) is 10.7. The molecule has 0 saturated carbocycles.